The average molecular weight is 583 g/mol. The largest absolute Gasteiger partial charge is 0.436 e. The lowest BCUT2D eigenvalue weighted by Crippen LogP contribution is -2.00. The normalized spacial score (nSPS) is 11.6. The van der Waals surface area contributed by atoms with Crippen LogP contribution in [0.3, 0.4) is 0 Å². The second-order valence-corrected chi connectivity index (χ2v) is 11.8. The molecule has 0 amide bonds. The first kappa shape index (κ1) is 24.8. The number of thiophene rings is 1. The quantitative estimate of drug-likeness (QED) is 0.207. The van der Waals surface area contributed by atoms with Crippen LogP contribution in [0.2, 0.25) is 0 Å². The third-order valence-corrected chi connectivity index (χ3v) is 9.15. The number of aromatic nitrogens is 4. The predicted octanol–water partition coefficient (Wildman–Crippen LogP) is 10.2. The standard InChI is InChI=1S/C38H22N4OS/c1-3-11-24(12-4-1)35-40-36(27-19-18-23-10-7-8-15-26(23)20-27)42-37(41-35)29-17-9-16-28-30-21-32-31(22-33(30)44-34(28)29)39-38(43-32)25-13-5-2-6-14-25/h1-22H. The second kappa shape index (κ2) is 9.93. The molecule has 0 aliphatic rings. The molecule has 5 nitrogen and oxygen atoms in total. The molecule has 6 heteroatoms. The number of fused-ring (bicyclic) bond motifs is 5. The maximum Gasteiger partial charge on any atom is 0.227 e. The molecule has 0 atom stereocenters. The lowest BCUT2D eigenvalue weighted by molar-refractivity contribution is 0.620. The smallest absolute Gasteiger partial charge is 0.227 e. The van der Waals surface area contributed by atoms with E-state index in [0.29, 0.717) is 23.4 Å². The molecule has 0 saturated heterocycles. The van der Waals surface area contributed by atoms with Gasteiger partial charge < -0.3 is 4.42 Å². The van der Waals surface area contributed by atoms with Crippen molar-refractivity contribution in [1.82, 2.24) is 19.9 Å². The third kappa shape index (κ3) is 4.15. The molecule has 0 bridgehead atoms. The summed E-state index contributed by atoms with van der Waals surface area (Å²) < 4.78 is 8.47. The Hall–Kier alpha value is -5.72. The lowest BCUT2D eigenvalue weighted by Gasteiger charge is -2.09. The Labute approximate surface area is 256 Å². The van der Waals surface area contributed by atoms with Crippen LogP contribution in [-0.4, -0.2) is 19.9 Å². The topological polar surface area (TPSA) is 64.7 Å². The summed E-state index contributed by atoms with van der Waals surface area (Å²) in [6, 6.07) is 45.3. The van der Waals surface area contributed by atoms with Gasteiger partial charge in [0.05, 0.1) is 0 Å². The van der Waals surface area contributed by atoms with Crippen LogP contribution < -0.4 is 0 Å². The minimum atomic E-state index is 0.628. The number of oxazole rings is 1. The van der Waals surface area contributed by atoms with Crippen LogP contribution in [0.15, 0.2) is 138 Å². The maximum atomic E-state index is 6.22. The van der Waals surface area contributed by atoms with Crippen molar-refractivity contribution < 1.29 is 4.42 Å². The van der Waals surface area contributed by atoms with E-state index >= 15 is 0 Å². The van der Waals surface area contributed by atoms with Gasteiger partial charge in [-0.25, -0.2) is 19.9 Å². The van der Waals surface area contributed by atoms with Gasteiger partial charge in [0.2, 0.25) is 5.89 Å². The summed E-state index contributed by atoms with van der Waals surface area (Å²) >= 11 is 1.73. The number of benzene rings is 6. The highest BCUT2D eigenvalue weighted by atomic mass is 32.1. The molecule has 3 heterocycles. The molecule has 0 radical (unpaired) electrons. The minimum absolute atomic E-state index is 0.628. The molecule has 44 heavy (non-hydrogen) atoms. The lowest BCUT2D eigenvalue weighted by atomic mass is 10.1. The second-order valence-electron chi connectivity index (χ2n) is 10.7. The van der Waals surface area contributed by atoms with Crippen molar-refractivity contribution in [2.45, 2.75) is 0 Å². The van der Waals surface area contributed by atoms with E-state index in [4.69, 9.17) is 24.4 Å². The molecular weight excluding hydrogens is 561 g/mol. The van der Waals surface area contributed by atoms with Gasteiger partial charge in [0.25, 0.3) is 0 Å². The molecule has 206 valence electrons. The first-order valence-electron chi connectivity index (χ1n) is 14.4. The number of rotatable bonds is 4. The van der Waals surface area contributed by atoms with Gasteiger partial charge in [0.15, 0.2) is 23.1 Å². The predicted molar refractivity (Wildman–Crippen MR) is 180 cm³/mol. The van der Waals surface area contributed by atoms with Crippen molar-refractivity contribution in [3.05, 3.63) is 133 Å². The van der Waals surface area contributed by atoms with Crippen molar-refractivity contribution in [2.24, 2.45) is 0 Å². The summed E-state index contributed by atoms with van der Waals surface area (Å²) in [6.45, 7) is 0. The van der Waals surface area contributed by atoms with Crippen LogP contribution in [0.1, 0.15) is 0 Å². The zero-order valence-corrected chi connectivity index (χ0v) is 24.1. The highest BCUT2D eigenvalue weighted by Gasteiger charge is 2.18. The van der Waals surface area contributed by atoms with Crippen LogP contribution in [-0.2, 0) is 0 Å². The van der Waals surface area contributed by atoms with Crippen molar-refractivity contribution in [2.75, 3.05) is 0 Å². The zero-order valence-electron chi connectivity index (χ0n) is 23.3. The van der Waals surface area contributed by atoms with Crippen LogP contribution in [0.4, 0.5) is 0 Å². The summed E-state index contributed by atoms with van der Waals surface area (Å²) in [6.07, 6.45) is 0. The molecule has 0 saturated carbocycles. The van der Waals surface area contributed by atoms with Gasteiger partial charge in [-0.2, -0.15) is 0 Å². The van der Waals surface area contributed by atoms with Crippen molar-refractivity contribution >= 4 is 53.4 Å². The maximum absolute atomic E-state index is 6.22. The van der Waals surface area contributed by atoms with Crippen LogP contribution in [0, 0.1) is 0 Å². The molecule has 0 N–H and O–H groups in total. The fraction of sp³-hybridized carbons (Fsp3) is 0. The van der Waals surface area contributed by atoms with E-state index in [1.807, 2.05) is 60.7 Å². The zero-order chi connectivity index (χ0) is 29.0. The summed E-state index contributed by atoms with van der Waals surface area (Å²) in [7, 11) is 0. The first-order valence-corrected chi connectivity index (χ1v) is 15.2. The summed E-state index contributed by atoms with van der Waals surface area (Å²) in [5, 5.41) is 4.59. The Kier molecular flexibility index (Phi) is 5.61. The molecule has 3 aromatic heterocycles. The average Bonchev–Trinajstić information content (AvgIpc) is 3.68. The van der Waals surface area contributed by atoms with Crippen molar-refractivity contribution in [1.29, 1.82) is 0 Å². The number of nitrogens with zero attached hydrogens (tertiary/aromatic N) is 4. The highest BCUT2D eigenvalue weighted by molar-refractivity contribution is 7.26. The summed E-state index contributed by atoms with van der Waals surface area (Å²) in [4.78, 5) is 19.9. The Bertz CT molecular complexity index is 2500. The SMILES string of the molecule is c1ccc(-c2nc(-c3ccc4ccccc4c3)nc(-c3cccc4c3sc3cc5nc(-c6ccccc6)oc5cc34)n2)cc1. The fourth-order valence-electron chi connectivity index (χ4n) is 5.77. The Balaban J connectivity index is 1.23. The summed E-state index contributed by atoms with van der Waals surface area (Å²) in [5.74, 6) is 2.57. The van der Waals surface area contributed by atoms with E-state index in [1.165, 1.54) is 5.39 Å². The highest BCUT2D eigenvalue weighted by Crippen LogP contribution is 2.41. The van der Waals surface area contributed by atoms with Gasteiger partial charge in [-0.05, 0) is 47.2 Å². The van der Waals surface area contributed by atoms with E-state index in [2.05, 4.69) is 72.8 Å². The molecule has 0 aliphatic carbocycles. The van der Waals surface area contributed by atoms with Crippen LogP contribution in [0.5, 0.6) is 0 Å². The van der Waals surface area contributed by atoms with Gasteiger partial charge in [-0.15, -0.1) is 11.3 Å². The Morgan fingerprint density at radius 2 is 1.18 bits per heavy atom. The monoisotopic (exact) mass is 582 g/mol. The van der Waals surface area contributed by atoms with E-state index in [0.717, 1.165) is 58.9 Å². The number of hydrogen-bond acceptors (Lipinski definition) is 6. The van der Waals surface area contributed by atoms with Crippen LogP contribution >= 0.6 is 11.3 Å². The van der Waals surface area contributed by atoms with Crippen molar-refractivity contribution in [3.8, 4) is 45.6 Å². The molecule has 9 rings (SSSR count). The van der Waals surface area contributed by atoms with E-state index < -0.39 is 0 Å². The van der Waals surface area contributed by atoms with E-state index in [-0.39, 0.29) is 0 Å². The summed E-state index contributed by atoms with van der Waals surface area (Å²) in [5.41, 5.74) is 5.45. The molecule has 0 fully saturated rings. The molecule has 0 unspecified atom stereocenters. The van der Waals surface area contributed by atoms with Gasteiger partial charge >= 0.3 is 0 Å². The van der Waals surface area contributed by atoms with E-state index in [1.54, 1.807) is 11.3 Å². The van der Waals surface area contributed by atoms with Gasteiger partial charge in [-0.3, -0.25) is 0 Å². The minimum Gasteiger partial charge on any atom is -0.436 e. The van der Waals surface area contributed by atoms with Gasteiger partial charge in [0.1, 0.15) is 5.52 Å². The molecule has 6 aromatic carbocycles. The van der Waals surface area contributed by atoms with Gasteiger partial charge in [0, 0.05) is 42.4 Å². The first-order chi connectivity index (χ1) is 21.8. The molecule has 0 spiro atoms. The number of hydrogen-bond donors (Lipinski definition) is 0. The van der Waals surface area contributed by atoms with Crippen molar-refractivity contribution in [3.63, 3.8) is 0 Å². The third-order valence-electron chi connectivity index (χ3n) is 7.94. The van der Waals surface area contributed by atoms with Gasteiger partial charge in [-0.1, -0.05) is 97.1 Å². The Morgan fingerprint density at radius 1 is 0.477 bits per heavy atom. The van der Waals surface area contributed by atoms with E-state index in [9.17, 15) is 0 Å². The Morgan fingerprint density at radius 3 is 2.00 bits per heavy atom. The van der Waals surface area contributed by atoms with Crippen LogP contribution in [0.25, 0.3) is 87.7 Å². The molecular formula is C38H22N4OS. The molecule has 0 aliphatic heterocycles. The fourth-order valence-corrected chi connectivity index (χ4v) is 7.00. The molecule has 9 aromatic rings.